The van der Waals surface area contributed by atoms with Crippen LogP contribution in [0.15, 0.2) is 24.3 Å². The maximum Gasteiger partial charge on any atom is 0.130 e. The van der Waals surface area contributed by atoms with Crippen molar-refractivity contribution in [2.45, 2.75) is 37.9 Å². The number of benzene rings is 1. The van der Waals surface area contributed by atoms with Gasteiger partial charge < -0.3 is 5.73 Å². The zero-order chi connectivity index (χ0) is 10.4. The van der Waals surface area contributed by atoms with Crippen molar-refractivity contribution in [3.8, 4) is 0 Å². The van der Waals surface area contributed by atoms with E-state index < -0.39 is 5.67 Å². The fourth-order valence-electron chi connectivity index (χ4n) is 1.62. The van der Waals surface area contributed by atoms with E-state index in [1.54, 1.807) is 13.8 Å². The highest BCUT2D eigenvalue weighted by Crippen LogP contribution is 2.42. The Labute approximate surface area is 84.1 Å². The van der Waals surface area contributed by atoms with Gasteiger partial charge in [-0.2, -0.15) is 0 Å². The van der Waals surface area contributed by atoms with E-state index in [4.69, 9.17) is 5.73 Å². The Morgan fingerprint density at radius 3 is 2.07 bits per heavy atom. The van der Waals surface area contributed by atoms with Gasteiger partial charge in [0.15, 0.2) is 0 Å². The van der Waals surface area contributed by atoms with Gasteiger partial charge in [0.1, 0.15) is 5.67 Å². The molecule has 2 rings (SSSR count). The molecule has 1 aromatic carbocycles. The van der Waals surface area contributed by atoms with Gasteiger partial charge in [-0.1, -0.05) is 24.3 Å². The second-order valence-electron chi connectivity index (χ2n) is 4.71. The lowest BCUT2D eigenvalue weighted by molar-refractivity contribution is 0.221. The van der Waals surface area contributed by atoms with Gasteiger partial charge in [0.2, 0.25) is 0 Å². The first-order chi connectivity index (χ1) is 6.42. The van der Waals surface area contributed by atoms with Crippen LogP contribution in [0.4, 0.5) is 4.39 Å². The van der Waals surface area contributed by atoms with Gasteiger partial charge in [-0.3, -0.25) is 0 Å². The number of alkyl halides is 1. The standard InChI is InChI=1S/C12H16FN/c1-11(2,13)9-3-5-10(6-4-9)12(14)7-8-12/h3-6H,7-8,14H2,1-2H3. The molecule has 0 atom stereocenters. The fraction of sp³-hybridized carbons (Fsp3) is 0.500. The van der Waals surface area contributed by atoms with Crippen LogP contribution in [0.5, 0.6) is 0 Å². The summed E-state index contributed by atoms with van der Waals surface area (Å²) >= 11 is 0. The third-order valence-corrected chi connectivity index (χ3v) is 2.93. The van der Waals surface area contributed by atoms with E-state index in [1.165, 1.54) is 0 Å². The molecule has 2 heteroatoms. The summed E-state index contributed by atoms with van der Waals surface area (Å²) in [5.41, 5.74) is 6.50. The van der Waals surface area contributed by atoms with Crippen molar-refractivity contribution in [1.29, 1.82) is 0 Å². The fourth-order valence-corrected chi connectivity index (χ4v) is 1.62. The summed E-state index contributed by atoms with van der Waals surface area (Å²) in [5.74, 6) is 0. The Morgan fingerprint density at radius 2 is 1.71 bits per heavy atom. The molecule has 1 aliphatic rings. The van der Waals surface area contributed by atoms with E-state index in [2.05, 4.69) is 0 Å². The molecule has 0 amide bonds. The summed E-state index contributed by atoms with van der Waals surface area (Å²) in [7, 11) is 0. The van der Waals surface area contributed by atoms with Crippen LogP contribution in [-0.4, -0.2) is 0 Å². The Morgan fingerprint density at radius 1 is 1.21 bits per heavy atom. The number of hydrogen-bond acceptors (Lipinski definition) is 1. The first-order valence-corrected chi connectivity index (χ1v) is 5.01. The molecule has 14 heavy (non-hydrogen) atoms. The molecule has 0 spiro atoms. The van der Waals surface area contributed by atoms with Gasteiger partial charge in [-0.25, -0.2) is 4.39 Å². The third-order valence-electron chi connectivity index (χ3n) is 2.93. The van der Waals surface area contributed by atoms with Crippen LogP contribution in [-0.2, 0) is 11.2 Å². The molecule has 1 aliphatic carbocycles. The van der Waals surface area contributed by atoms with E-state index in [9.17, 15) is 4.39 Å². The number of hydrogen-bond donors (Lipinski definition) is 1. The monoisotopic (exact) mass is 193 g/mol. The van der Waals surface area contributed by atoms with Gasteiger partial charge in [0, 0.05) is 5.54 Å². The van der Waals surface area contributed by atoms with Gasteiger partial charge in [-0.05, 0) is 37.8 Å². The first-order valence-electron chi connectivity index (χ1n) is 5.01. The maximum absolute atomic E-state index is 13.5. The molecular weight excluding hydrogens is 177 g/mol. The normalized spacial score (nSPS) is 19.4. The minimum atomic E-state index is -1.26. The highest BCUT2D eigenvalue weighted by atomic mass is 19.1. The summed E-state index contributed by atoms with van der Waals surface area (Å²) in [6, 6.07) is 7.57. The highest BCUT2D eigenvalue weighted by Gasteiger charge is 2.39. The minimum absolute atomic E-state index is 0.112. The average molecular weight is 193 g/mol. The second-order valence-corrected chi connectivity index (χ2v) is 4.71. The van der Waals surface area contributed by atoms with Crippen molar-refractivity contribution in [2.75, 3.05) is 0 Å². The Kier molecular flexibility index (Phi) is 1.93. The van der Waals surface area contributed by atoms with Gasteiger partial charge in [0.05, 0.1) is 0 Å². The van der Waals surface area contributed by atoms with E-state index in [0.29, 0.717) is 5.56 Å². The molecule has 2 N–H and O–H groups in total. The van der Waals surface area contributed by atoms with Crippen LogP contribution in [0.2, 0.25) is 0 Å². The van der Waals surface area contributed by atoms with E-state index in [0.717, 1.165) is 18.4 Å². The lowest BCUT2D eigenvalue weighted by atomic mass is 9.96. The van der Waals surface area contributed by atoms with Crippen molar-refractivity contribution in [1.82, 2.24) is 0 Å². The van der Waals surface area contributed by atoms with E-state index in [-0.39, 0.29) is 5.54 Å². The van der Waals surface area contributed by atoms with Crippen molar-refractivity contribution < 1.29 is 4.39 Å². The summed E-state index contributed by atoms with van der Waals surface area (Å²) in [5, 5.41) is 0. The summed E-state index contributed by atoms with van der Waals surface area (Å²) in [6.07, 6.45) is 2.09. The number of rotatable bonds is 2. The van der Waals surface area contributed by atoms with Crippen molar-refractivity contribution in [3.05, 3.63) is 35.4 Å². The zero-order valence-corrected chi connectivity index (χ0v) is 8.68. The number of halogens is 1. The van der Waals surface area contributed by atoms with Crippen molar-refractivity contribution >= 4 is 0 Å². The number of nitrogens with two attached hydrogens (primary N) is 1. The molecule has 0 aliphatic heterocycles. The molecule has 0 saturated heterocycles. The zero-order valence-electron chi connectivity index (χ0n) is 8.68. The lowest BCUT2D eigenvalue weighted by Gasteiger charge is -2.16. The predicted molar refractivity (Wildman–Crippen MR) is 55.7 cm³/mol. The van der Waals surface area contributed by atoms with Gasteiger partial charge >= 0.3 is 0 Å². The van der Waals surface area contributed by atoms with Gasteiger partial charge in [-0.15, -0.1) is 0 Å². The molecular formula is C12H16FN. The summed E-state index contributed by atoms with van der Waals surface area (Å²) in [6.45, 7) is 3.13. The molecule has 0 radical (unpaired) electrons. The minimum Gasteiger partial charge on any atom is -0.321 e. The van der Waals surface area contributed by atoms with Gasteiger partial charge in [0.25, 0.3) is 0 Å². The van der Waals surface area contributed by atoms with Crippen molar-refractivity contribution in [3.63, 3.8) is 0 Å². The van der Waals surface area contributed by atoms with Crippen LogP contribution in [0.1, 0.15) is 37.8 Å². The summed E-state index contributed by atoms with van der Waals surface area (Å²) < 4.78 is 13.5. The Balaban J connectivity index is 2.27. The average Bonchev–Trinajstić information content (AvgIpc) is 2.84. The van der Waals surface area contributed by atoms with Crippen LogP contribution in [0.25, 0.3) is 0 Å². The van der Waals surface area contributed by atoms with Crippen LogP contribution in [0.3, 0.4) is 0 Å². The molecule has 1 nitrogen and oxygen atoms in total. The van der Waals surface area contributed by atoms with E-state index >= 15 is 0 Å². The van der Waals surface area contributed by atoms with Crippen LogP contribution < -0.4 is 5.73 Å². The SMILES string of the molecule is CC(C)(F)c1ccc(C2(N)CC2)cc1. The molecule has 0 unspecified atom stereocenters. The molecule has 1 saturated carbocycles. The van der Waals surface area contributed by atoms with Crippen LogP contribution >= 0.6 is 0 Å². The quantitative estimate of drug-likeness (QED) is 0.768. The molecule has 1 fully saturated rings. The Hall–Kier alpha value is -0.890. The molecule has 0 bridgehead atoms. The van der Waals surface area contributed by atoms with Crippen LogP contribution in [0, 0.1) is 0 Å². The smallest absolute Gasteiger partial charge is 0.130 e. The maximum atomic E-state index is 13.5. The van der Waals surface area contributed by atoms with Crippen molar-refractivity contribution in [2.24, 2.45) is 5.73 Å². The molecule has 1 aromatic rings. The topological polar surface area (TPSA) is 26.0 Å². The van der Waals surface area contributed by atoms with E-state index in [1.807, 2.05) is 24.3 Å². The summed E-state index contributed by atoms with van der Waals surface area (Å²) in [4.78, 5) is 0. The molecule has 76 valence electrons. The second kappa shape index (κ2) is 2.80. The largest absolute Gasteiger partial charge is 0.321 e. The third kappa shape index (κ3) is 1.67. The molecule has 0 heterocycles. The predicted octanol–water partition coefficient (Wildman–Crippen LogP) is 2.84. The highest BCUT2D eigenvalue weighted by molar-refractivity contribution is 5.33. The molecule has 0 aromatic heterocycles. The first kappa shape index (κ1) is 9.66. The Bertz CT molecular complexity index is 306. The lowest BCUT2D eigenvalue weighted by Crippen LogP contribution is -2.19.